The Balaban J connectivity index is 2.83. The van der Waals surface area contributed by atoms with E-state index in [9.17, 15) is 4.79 Å². The summed E-state index contributed by atoms with van der Waals surface area (Å²) in [5, 5.41) is 3.84. The van der Waals surface area contributed by atoms with E-state index in [1.807, 2.05) is 6.92 Å². The summed E-state index contributed by atoms with van der Waals surface area (Å²) >= 11 is 1.27. The second-order valence-electron chi connectivity index (χ2n) is 4.53. The van der Waals surface area contributed by atoms with Crippen LogP contribution in [0, 0.1) is 18.3 Å². The molecule has 6 heteroatoms. The Hall–Kier alpha value is -1.74. The predicted octanol–water partition coefficient (Wildman–Crippen LogP) is 1.89. The lowest BCUT2D eigenvalue weighted by atomic mass is 10.2. The monoisotopic (exact) mass is 280 g/mol. The van der Waals surface area contributed by atoms with Gasteiger partial charge in [-0.15, -0.1) is 6.42 Å². The number of nitrogen functional groups attached to an aromatic ring is 1. The number of hydrogen-bond acceptors (Lipinski definition) is 5. The van der Waals surface area contributed by atoms with Crippen molar-refractivity contribution in [2.24, 2.45) is 5.92 Å². The molecule has 0 atom stereocenters. The zero-order chi connectivity index (χ0) is 14.4. The zero-order valence-electron chi connectivity index (χ0n) is 11.6. The van der Waals surface area contributed by atoms with Gasteiger partial charge in [0.15, 0.2) is 5.13 Å². The van der Waals surface area contributed by atoms with Crippen LogP contribution in [0.2, 0.25) is 0 Å². The zero-order valence-corrected chi connectivity index (χ0v) is 12.4. The van der Waals surface area contributed by atoms with E-state index in [0.717, 1.165) is 6.54 Å². The number of nitrogens with two attached hydrogens (primary N) is 1. The smallest absolute Gasteiger partial charge is 0.268 e. The standard InChI is InChI=1S/C13H20N4OS/c1-5-7-17(6-2)12(18)10-11(14)16-13(19-10)15-8-9(3)4/h1,9H,6-8,14H2,2-4H3,(H,15,16). The fourth-order valence-electron chi connectivity index (χ4n) is 1.43. The highest BCUT2D eigenvalue weighted by molar-refractivity contribution is 7.18. The first-order valence-electron chi connectivity index (χ1n) is 6.22. The molecule has 0 aliphatic carbocycles. The van der Waals surface area contributed by atoms with E-state index in [1.165, 1.54) is 11.3 Å². The maximum absolute atomic E-state index is 12.2. The van der Waals surface area contributed by atoms with Crippen molar-refractivity contribution in [1.82, 2.24) is 9.88 Å². The molecule has 1 aromatic rings. The number of nitrogens with one attached hydrogen (secondary N) is 1. The quantitative estimate of drug-likeness (QED) is 0.781. The molecule has 19 heavy (non-hydrogen) atoms. The van der Waals surface area contributed by atoms with Crippen LogP contribution in [-0.2, 0) is 0 Å². The van der Waals surface area contributed by atoms with Crippen molar-refractivity contribution in [3.8, 4) is 12.3 Å². The van der Waals surface area contributed by atoms with Crippen molar-refractivity contribution in [2.75, 3.05) is 30.7 Å². The molecule has 0 spiro atoms. The summed E-state index contributed by atoms with van der Waals surface area (Å²) < 4.78 is 0. The molecule has 3 N–H and O–H groups in total. The van der Waals surface area contributed by atoms with Crippen LogP contribution in [0.25, 0.3) is 0 Å². The van der Waals surface area contributed by atoms with Gasteiger partial charge < -0.3 is 16.0 Å². The maximum Gasteiger partial charge on any atom is 0.268 e. The molecule has 104 valence electrons. The highest BCUT2D eigenvalue weighted by atomic mass is 32.1. The number of anilines is 2. The van der Waals surface area contributed by atoms with Crippen LogP contribution in [0.5, 0.6) is 0 Å². The summed E-state index contributed by atoms with van der Waals surface area (Å²) in [4.78, 5) is 18.4. The highest BCUT2D eigenvalue weighted by Crippen LogP contribution is 2.26. The average Bonchev–Trinajstić information content (AvgIpc) is 2.74. The molecule has 1 rings (SSSR count). The third-order valence-corrected chi connectivity index (χ3v) is 3.48. The van der Waals surface area contributed by atoms with Gasteiger partial charge in [0.25, 0.3) is 5.91 Å². The van der Waals surface area contributed by atoms with Gasteiger partial charge in [-0.05, 0) is 12.8 Å². The lowest BCUT2D eigenvalue weighted by Gasteiger charge is -2.16. The van der Waals surface area contributed by atoms with Crippen molar-refractivity contribution in [3.05, 3.63) is 4.88 Å². The fourth-order valence-corrected chi connectivity index (χ4v) is 2.29. The molecule has 0 saturated carbocycles. The largest absolute Gasteiger partial charge is 0.382 e. The Kier molecular flexibility index (Phi) is 5.64. The first kappa shape index (κ1) is 15.3. The van der Waals surface area contributed by atoms with E-state index in [1.54, 1.807) is 4.90 Å². The second-order valence-corrected chi connectivity index (χ2v) is 5.53. The van der Waals surface area contributed by atoms with E-state index >= 15 is 0 Å². The Labute approximate surface area is 118 Å². The minimum Gasteiger partial charge on any atom is -0.382 e. The van der Waals surface area contributed by atoms with Crippen molar-refractivity contribution in [2.45, 2.75) is 20.8 Å². The Morgan fingerprint density at radius 1 is 1.63 bits per heavy atom. The molecular formula is C13H20N4OS. The number of amides is 1. The van der Waals surface area contributed by atoms with Crippen LogP contribution >= 0.6 is 11.3 Å². The Morgan fingerprint density at radius 2 is 2.32 bits per heavy atom. The van der Waals surface area contributed by atoms with Gasteiger partial charge in [0.2, 0.25) is 0 Å². The van der Waals surface area contributed by atoms with E-state index in [-0.39, 0.29) is 18.3 Å². The van der Waals surface area contributed by atoms with E-state index in [0.29, 0.717) is 22.5 Å². The van der Waals surface area contributed by atoms with Crippen LogP contribution in [0.3, 0.4) is 0 Å². The topological polar surface area (TPSA) is 71.2 Å². The number of hydrogen-bond donors (Lipinski definition) is 2. The third kappa shape index (κ3) is 4.14. The molecule has 0 aliphatic heterocycles. The molecule has 1 heterocycles. The number of nitrogens with zero attached hydrogens (tertiary/aromatic N) is 2. The van der Waals surface area contributed by atoms with Gasteiger partial charge in [0, 0.05) is 13.1 Å². The normalized spacial score (nSPS) is 10.3. The van der Waals surface area contributed by atoms with Crippen molar-refractivity contribution in [3.63, 3.8) is 0 Å². The molecule has 0 aromatic carbocycles. The van der Waals surface area contributed by atoms with E-state index < -0.39 is 0 Å². The molecule has 1 aromatic heterocycles. The molecular weight excluding hydrogens is 260 g/mol. The number of carbonyl (C=O) groups excluding carboxylic acids is 1. The number of thiazole rings is 1. The van der Waals surface area contributed by atoms with Gasteiger partial charge in [-0.1, -0.05) is 31.1 Å². The first-order chi connectivity index (χ1) is 8.99. The van der Waals surface area contributed by atoms with Gasteiger partial charge in [-0.2, -0.15) is 0 Å². The molecule has 0 radical (unpaired) electrons. The molecule has 0 bridgehead atoms. The Bertz CT molecular complexity index is 475. The number of rotatable bonds is 6. The van der Waals surface area contributed by atoms with Crippen LogP contribution in [0.1, 0.15) is 30.4 Å². The highest BCUT2D eigenvalue weighted by Gasteiger charge is 2.20. The summed E-state index contributed by atoms with van der Waals surface area (Å²) in [5.74, 6) is 3.07. The van der Waals surface area contributed by atoms with Crippen LogP contribution < -0.4 is 11.1 Å². The fraction of sp³-hybridized carbons (Fsp3) is 0.538. The summed E-state index contributed by atoms with van der Waals surface area (Å²) in [6.07, 6.45) is 5.25. The third-order valence-electron chi connectivity index (χ3n) is 2.46. The van der Waals surface area contributed by atoms with Gasteiger partial charge >= 0.3 is 0 Å². The molecule has 0 aliphatic rings. The van der Waals surface area contributed by atoms with Crippen LogP contribution in [0.4, 0.5) is 10.9 Å². The van der Waals surface area contributed by atoms with Crippen molar-refractivity contribution >= 4 is 28.2 Å². The maximum atomic E-state index is 12.2. The molecule has 5 nitrogen and oxygen atoms in total. The molecule has 0 saturated heterocycles. The molecule has 1 amide bonds. The van der Waals surface area contributed by atoms with Gasteiger partial charge in [0.05, 0.1) is 6.54 Å². The van der Waals surface area contributed by atoms with Crippen molar-refractivity contribution < 1.29 is 4.79 Å². The average molecular weight is 280 g/mol. The summed E-state index contributed by atoms with van der Waals surface area (Å²) in [6, 6.07) is 0. The molecule has 0 fully saturated rings. The number of aromatic nitrogens is 1. The lowest BCUT2D eigenvalue weighted by Crippen LogP contribution is -2.31. The minimum absolute atomic E-state index is 0.159. The Morgan fingerprint density at radius 3 is 2.84 bits per heavy atom. The van der Waals surface area contributed by atoms with Crippen LogP contribution in [0.15, 0.2) is 0 Å². The number of terminal acetylenes is 1. The molecule has 0 unspecified atom stereocenters. The van der Waals surface area contributed by atoms with Gasteiger partial charge in [-0.25, -0.2) is 4.98 Å². The predicted molar refractivity (Wildman–Crippen MR) is 80.3 cm³/mol. The summed E-state index contributed by atoms with van der Waals surface area (Å²) in [7, 11) is 0. The van der Waals surface area contributed by atoms with Crippen molar-refractivity contribution in [1.29, 1.82) is 0 Å². The summed E-state index contributed by atoms with van der Waals surface area (Å²) in [5.41, 5.74) is 5.80. The first-order valence-corrected chi connectivity index (χ1v) is 7.04. The number of carbonyl (C=O) groups is 1. The van der Waals surface area contributed by atoms with Gasteiger partial charge in [0.1, 0.15) is 10.7 Å². The van der Waals surface area contributed by atoms with E-state index in [4.69, 9.17) is 12.2 Å². The second kappa shape index (κ2) is 7.00. The SMILES string of the molecule is C#CCN(CC)C(=O)c1sc(NCC(C)C)nc1N. The lowest BCUT2D eigenvalue weighted by molar-refractivity contribution is 0.0790. The summed E-state index contributed by atoms with van der Waals surface area (Å²) in [6.45, 7) is 7.70. The van der Waals surface area contributed by atoms with Gasteiger partial charge in [-0.3, -0.25) is 4.79 Å². The van der Waals surface area contributed by atoms with Crippen LogP contribution in [-0.4, -0.2) is 35.4 Å². The van der Waals surface area contributed by atoms with E-state index in [2.05, 4.69) is 30.1 Å². The minimum atomic E-state index is -0.159.